The molecule has 0 fully saturated rings. The van der Waals surface area contributed by atoms with Gasteiger partial charge < -0.3 is 4.90 Å². The van der Waals surface area contributed by atoms with Crippen LogP contribution >= 0.6 is 11.8 Å². The van der Waals surface area contributed by atoms with Crippen LogP contribution < -0.4 is 5.56 Å². The van der Waals surface area contributed by atoms with Crippen molar-refractivity contribution in [1.29, 1.82) is 0 Å². The minimum atomic E-state index is -0.246. The molecule has 0 radical (unpaired) electrons. The fourth-order valence-electron chi connectivity index (χ4n) is 2.76. The predicted molar refractivity (Wildman–Crippen MR) is 110 cm³/mol. The summed E-state index contributed by atoms with van der Waals surface area (Å²) in [6, 6.07) is 5.08. The number of nitrogens with zero attached hydrogens (tertiary/aromatic N) is 6. The highest BCUT2D eigenvalue weighted by atomic mass is 32.2. The van der Waals surface area contributed by atoms with Crippen LogP contribution in [0, 0.1) is 0 Å². The van der Waals surface area contributed by atoms with E-state index in [1.165, 1.54) is 27.5 Å². The minimum Gasteiger partial charge on any atom is -0.337 e. The molecule has 28 heavy (non-hydrogen) atoms. The number of amides is 1. The summed E-state index contributed by atoms with van der Waals surface area (Å²) in [5.41, 5.74) is 0.452. The van der Waals surface area contributed by atoms with E-state index >= 15 is 0 Å². The van der Waals surface area contributed by atoms with Crippen molar-refractivity contribution in [1.82, 2.24) is 29.2 Å². The third-order valence-electron chi connectivity index (χ3n) is 4.06. The fourth-order valence-corrected chi connectivity index (χ4v) is 3.10. The SMILES string of the molecule is C=CCN(C)C(=O)c1cccc(-n2c3nc(SC)ncc3c(=O)n2CC=C)n1. The molecule has 0 aliphatic carbocycles. The number of thioether (sulfide) groups is 1. The molecule has 9 heteroatoms. The van der Waals surface area contributed by atoms with E-state index < -0.39 is 0 Å². The van der Waals surface area contributed by atoms with Gasteiger partial charge in [0.1, 0.15) is 11.1 Å². The van der Waals surface area contributed by atoms with Crippen molar-refractivity contribution in [3.63, 3.8) is 0 Å². The Morgan fingerprint density at radius 2 is 2.07 bits per heavy atom. The van der Waals surface area contributed by atoms with Crippen molar-refractivity contribution in [2.45, 2.75) is 11.7 Å². The molecule has 0 spiro atoms. The van der Waals surface area contributed by atoms with Crippen molar-refractivity contribution in [3.05, 3.63) is 65.8 Å². The van der Waals surface area contributed by atoms with Crippen LogP contribution in [0.5, 0.6) is 0 Å². The van der Waals surface area contributed by atoms with Crippen LogP contribution in [0.15, 0.2) is 59.7 Å². The van der Waals surface area contributed by atoms with Crippen molar-refractivity contribution in [2.75, 3.05) is 19.8 Å². The third kappa shape index (κ3) is 3.48. The molecule has 0 aliphatic rings. The number of carbonyl (C=O) groups excluding carboxylic acids is 1. The second kappa shape index (κ2) is 8.22. The Balaban J connectivity index is 2.23. The molecule has 0 N–H and O–H groups in total. The Hall–Kier alpha value is -3.20. The van der Waals surface area contributed by atoms with Crippen LogP contribution in [0.1, 0.15) is 10.5 Å². The lowest BCUT2D eigenvalue weighted by Crippen LogP contribution is -2.28. The molecule has 3 heterocycles. The Kier molecular flexibility index (Phi) is 5.74. The topological polar surface area (TPSA) is 85.9 Å². The zero-order valence-corrected chi connectivity index (χ0v) is 16.5. The van der Waals surface area contributed by atoms with Crippen LogP contribution in [0.25, 0.3) is 16.9 Å². The molecule has 3 rings (SSSR count). The number of hydrogen-bond acceptors (Lipinski definition) is 6. The number of likely N-dealkylation sites (N-methyl/N-ethyl adjacent to an activating group) is 1. The van der Waals surface area contributed by atoms with E-state index in [0.717, 1.165) is 0 Å². The molecule has 0 unspecified atom stereocenters. The molecule has 0 aromatic carbocycles. The zero-order chi connectivity index (χ0) is 20.3. The summed E-state index contributed by atoms with van der Waals surface area (Å²) in [6.07, 6.45) is 6.63. The zero-order valence-electron chi connectivity index (χ0n) is 15.7. The highest BCUT2D eigenvalue weighted by Gasteiger charge is 2.19. The van der Waals surface area contributed by atoms with Gasteiger partial charge in [-0.1, -0.05) is 30.0 Å². The lowest BCUT2D eigenvalue weighted by Gasteiger charge is -2.15. The van der Waals surface area contributed by atoms with Gasteiger partial charge in [-0.2, -0.15) is 0 Å². The van der Waals surface area contributed by atoms with E-state index in [4.69, 9.17) is 0 Å². The smallest absolute Gasteiger partial charge is 0.278 e. The van der Waals surface area contributed by atoms with Gasteiger partial charge in [0, 0.05) is 19.8 Å². The lowest BCUT2D eigenvalue weighted by atomic mass is 10.3. The average molecular weight is 396 g/mol. The van der Waals surface area contributed by atoms with E-state index in [1.807, 2.05) is 6.26 Å². The number of rotatable bonds is 7. The normalized spacial score (nSPS) is 10.8. The van der Waals surface area contributed by atoms with Gasteiger partial charge in [0.15, 0.2) is 16.6 Å². The predicted octanol–water partition coefficient (Wildman–Crippen LogP) is 2.14. The number of allylic oxidation sites excluding steroid dienone is 1. The first-order chi connectivity index (χ1) is 13.5. The van der Waals surface area contributed by atoms with Gasteiger partial charge in [0.05, 0.1) is 6.54 Å². The van der Waals surface area contributed by atoms with Gasteiger partial charge in [-0.15, -0.1) is 13.2 Å². The molecule has 0 saturated heterocycles. The largest absolute Gasteiger partial charge is 0.337 e. The van der Waals surface area contributed by atoms with Crippen LogP contribution in [0.3, 0.4) is 0 Å². The molecule has 0 saturated carbocycles. The second-order valence-corrected chi connectivity index (χ2v) is 6.71. The maximum absolute atomic E-state index is 12.8. The van der Waals surface area contributed by atoms with Gasteiger partial charge in [-0.25, -0.2) is 24.3 Å². The number of fused-ring (bicyclic) bond motifs is 1. The summed E-state index contributed by atoms with van der Waals surface area (Å²) in [7, 11) is 1.68. The van der Waals surface area contributed by atoms with E-state index in [1.54, 1.807) is 42.1 Å². The quantitative estimate of drug-likeness (QED) is 0.346. The molecule has 0 atom stereocenters. The van der Waals surface area contributed by atoms with Crippen LogP contribution in [0.4, 0.5) is 0 Å². The van der Waals surface area contributed by atoms with E-state index in [9.17, 15) is 9.59 Å². The molecular weight excluding hydrogens is 376 g/mol. The molecule has 144 valence electrons. The summed E-state index contributed by atoms with van der Waals surface area (Å²) in [4.78, 5) is 40.1. The fraction of sp³-hybridized carbons (Fsp3) is 0.211. The Morgan fingerprint density at radius 3 is 2.75 bits per heavy atom. The molecule has 8 nitrogen and oxygen atoms in total. The van der Waals surface area contributed by atoms with Crippen LogP contribution in [0.2, 0.25) is 0 Å². The first-order valence-corrected chi connectivity index (χ1v) is 9.71. The summed E-state index contributed by atoms with van der Waals surface area (Å²) < 4.78 is 3.07. The van der Waals surface area contributed by atoms with Crippen molar-refractivity contribution in [3.8, 4) is 5.82 Å². The Labute approximate surface area is 166 Å². The molecule has 0 aliphatic heterocycles. The standard InChI is InChI=1S/C19H20N6O2S/c1-5-10-23(3)18(27)14-8-7-9-15(21-14)25-16-13(12-20-19(22-16)28-4)17(26)24(25)11-6-2/h5-9,12H,1-2,10-11H2,3-4H3. The lowest BCUT2D eigenvalue weighted by molar-refractivity contribution is 0.0804. The minimum absolute atomic E-state index is 0.241. The van der Waals surface area contributed by atoms with Gasteiger partial charge in [-0.05, 0) is 18.4 Å². The van der Waals surface area contributed by atoms with Gasteiger partial charge in [0.2, 0.25) is 0 Å². The molecule has 1 amide bonds. The van der Waals surface area contributed by atoms with Gasteiger partial charge in [-0.3, -0.25) is 9.59 Å². The highest BCUT2D eigenvalue weighted by Crippen LogP contribution is 2.18. The maximum Gasteiger partial charge on any atom is 0.278 e. The maximum atomic E-state index is 12.8. The summed E-state index contributed by atoms with van der Waals surface area (Å²) in [5, 5.41) is 0.914. The van der Waals surface area contributed by atoms with E-state index in [-0.39, 0.29) is 23.7 Å². The number of aromatic nitrogens is 5. The first-order valence-electron chi connectivity index (χ1n) is 8.49. The van der Waals surface area contributed by atoms with Crippen molar-refractivity contribution >= 4 is 28.7 Å². The number of carbonyl (C=O) groups is 1. The number of hydrogen-bond donors (Lipinski definition) is 0. The Bertz CT molecular complexity index is 1120. The molecule has 3 aromatic rings. The monoisotopic (exact) mass is 396 g/mol. The summed E-state index contributed by atoms with van der Waals surface area (Å²) >= 11 is 1.38. The molecular formula is C19H20N6O2S. The summed E-state index contributed by atoms with van der Waals surface area (Å²) in [6.45, 7) is 8.04. The molecule has 3 aromatic heterocycles. The number of pyridine rings is 1. The first kappa shape index (κ1) is 19.6. The summed E-state index contributed by atoms with van der Waals surface area (Å²) in [5.74, 6) is 0.174. The Morgan fingerprint density at radius 1 is 1.29 bits per heavy atom. The van der Waals surface area contributed by atoms with Gasteiger partial charge in [0.25, 0.3) is 11.5 Å². The van der Waals surface area contributed by atoms with E-state index in [0.29, 0.717) is 28.6 Å². The van der Waals surface area contributed by atoms with Gasteiger partial charge >= 0.3 is 0 Å². The molecule has 0 bridgehead atoms. The average Bonchev–Trinajstić information content (AvgIpc) is 2.99. The van der Waals surface area contributed by atoms with Crippen molar-refractivity contribution in [2.24, 2.45) is 0 Å². The van der Waals surface area contributed by atoms with E-state index in [2.05, 4.69) is 28.1 Å². The van der Waals surface area contributed by atoms with Crippen molar-refractivity contribution < 1.29 is 4.79 Å². The second-order valence-electron chi connectivity index (χ2n) is 5.94. The highest BCUT2D eigenvalue weighted by molar-refractivity contribution is 7.98. The van der Waals surface area contributed by atoms with Crippen LogP contribution in [-0.2, 0) is 6.54 Å². The third-order valence-corrected chi connectivity index (χ3v) is 4.62. The van der Waals surface area contributed by atoms with Crippen LogP contribution in [-0.4, -0.2) is 55.0 Å².